The molecular formula is C20H28N2O3. The Morgan fingerprint density at radius 3 is 2.60 bits per heavy atom. The average Bonchev–Trinajstić information content (AvgIpc) is 3.08. The van der Waals surface area contributed by atoms with Gasteiger partial charge in [-0.3, -0.25) is 14.5 Å². The normalized spacial score (nSPS) is 24.4. The molecule has 5 heteroatoms. The molecular weight excluding hydrogens is 316 g/mol. The molecule has 136 valence electrons. The first-order valence-corrected chi connectivity index (χ1v) is 9.42. The Morgan fingerprint density at radius 2 is 1.84 bits per heavy atom. The summed E-state index contributed by atoms with van der Waals surface area (Å²) < 4.78 is 0. The highest BCUT2D eigenvalue weighted by atomic mass is 16.4. The Morgan fingerprint density at radius 1 is 1.08 bits per heavy atom. The van der Waals surface area contributed by atoms with E-state index in [1.165, 1.54) is 5.56 Å². The molecule has 0 radical (unpaired) electrons. The Labute approximate surface area is 149 Å². The molecule has 5 nitrogen and oxygen atoms in total. The van der Waals surface area contributed by atoms with Crippen LogP contribution in [0.15, 0.2) is 30.3 Å². The van der Waals surface area contributed by atoms with E-state index in [9.17, 15) is 9.59 Å². The number of hydrogen-bond acceptors (Lipinski definition) is 3. The van der Waals surface area contributed by atoms with Crippen LogP contribution in [-0.4, -0.2) is 52.5 Å². The molecule has 2 atom stereocenters. The van der Waals surface area contributed by atoms with Crippen LogP contribution in [0.4, 0.5) is 0 Å². The van der Waals surface area contributed by atoms with Crippen LogP contribution < -0.4 is 0 Å². The first-order chi connectivity index (χ1) is 12.1. The summed E-state index contributed by atoms with van der Waals surface area (Å²) in [7, 11) is 0. The Hall–Kier alpha value is -1.88. The summed E-state index contributed by atoms with van der Waals surface area (Å²) in [4.78, 5) is 28.1. The maximum atomic E-state index is 13.1. The van der Waals surface area contributed by atoms with Crippen LogP contribution in [0.1, 0.15) is 44.1 Å². The van der Waals surface area contributed by atoms with E-state index in [2.05, 4.69) is 17.0 Å². The van der Waals surface area contributed by atoms with Crippen molar-refractivity contribution in [2.24, 2.45) is 5.92 Å². The lowest BCUT2D eigenvalue weighted by molar-refractivity contribution is -0.138. The van der Waals surface area contributed by atoms with E-state index in [4.69, 9.17) is 5.11 Å². The first-order valence-electron chi connectivity index (χ1n) is 9.42. The van der Waals surface area contributed by atoms with Gasteiger partial charge in [-0.25, -0.2) is 0 Å². The van der Waals surface area contributed by atoms with Crippen molar-refractivity contribution >= 4 is 11.9 Å². The second kappa shape index (κ2) is 8.48. The lowest BCUT2D eigenvalue weighted by atomic mass is 9.93. The molecule has 0 aromatic heterocycles. The zero-order chi connectivity index (χ0) is 17.6. The molecule has 2 heterocycles. The highest BCUT2D eigenvalue weighted by Crippen LogP contribution is 2.26. The van der Waals surface area contributed by atoms with Crippen molar-refractivity contribution < 1.29 is 14.7 Å². The van der Waals surface area contributed by atoms with Gasteiger partial charge >= 0.3 is 5.97 Å². The SMILES string of the molecule is O=C(O)CCC1CCCN(C(=O)C2CCCN2Cc2ccccc2)C1. The Bertz CT molecular complexity index is 590. The molecule has 2 aliphatic heterocycles. The maximum Gasteiger partial charge on any atom is 0.303 e. The van der Waals surface area contributed by atoms with Gasteiger partial charge in [-0.05, 0) is 50.1 Å². The van der Waals surface area contributed by atoms with E-state index < -0.39 is 5.97 Å². The van der Waals surface area contributed by atoms with Gasteiger partial charge in [0, 0.05) is 26.1 Å². The standard InChI is InChI=1S/C20H28N2O3/c23-19(24)11-10-17-8-4-13-22(15-17)20(25)18-9-5-12-21(18)14-16-6-2-1-3-7-16/h1-3,6-7,17-18H,4-5,8-15H2,(H,23,24). The van der Waals surface area contributed by atoms with Gasteiger partial charge in [0.2, 0.25) is 5.91 Å². The van der Waals surface area contributed by atoms with Gasteiger partial charge in [0.15, 0.2) is 0 Å². The number of amides is 1. The smallest absolute Gasteiger partial charge is 0.303 e. The van der Waals surface area contributed by atoms with Gasteiger partial charge in [0.1, 0.15) is 0 Å². The van der Waals surface area contributed by atoms with Gasteiger partial charge in [0.05, 0.1) is 6.04 Å². The molecule has 2 saturated heterocycles. The number of piperidine rings is 1. The number of carboxylic acids is 1. The van der Waals surface area contributed by atoms with Crippen LogP contribution in [0.2, 0.25) is 0 Å². The van der Waals surface area contributed by atoms with Crippen molar-refractivity contribution in [3.63, 3.8) is 0 Å². The van der Waals surface area contributed by atoms with Gasteiger partial charge in [-0.2, -0.15) is 0 Å². The summed E-state index contributed by atoms with van der Waals surface area (Å²) in [6, 6.07) is 10.3. The predicted octanol–water partition coefficient (Wildman–Crippen LogP) is 2.75. The topological polar surface area (TPSA) is 60.9 Å². The van der Waals surface area contributed by atoms with Crippen LogP contribution in [0.3, 0.4) is 0 Å². The summed E-state index contributed by atoms with van der Waals surface area (Å²) >= 11 is 0. The second-order valence-corrected chi connectivity index (χ2v) is 7.34. The summed E-state index contributed by atoms with van der Waals surface area (Å²) in [5, 5.41) is 8.88. The van der Waals surface area contributed by atoms with E-state index in [1.54, 1.807) is 0 Å². The third-order valence-electron chi connectivity index (χ3n) is 5.47. The predicted molar refractivity (Wildman–Crippen MR) is 96.0 cm³/mol. The molecule has 0 spiro atoms. The molecule has 0 bridgehead atoms. The minimum absolute atomic E-state index is 0.0153. The summed E-state index contributed by atoms with van der Waals surface area (Å²) in [6.07, 6.45) is 4.91. The lowest BCUT2D eigenvalue weighted by Crippen LogP contribution is -2.49. The third kappa shape index (κ3) is 4.82. The minimum Gasteiger partial charge on any atom is -0.481 e. The first kappa shape index (κ1) is 17.9. The van der Waals surface area contributed by atoms with Gasteiger partial charge in [0.25, 0.3) is 0 Å². The quantitative estimate of drug-likeness (QED) is 0.862. The van der Waals surface area contributed by atoms with Crippen molar-refractivity contribution in [1.29, 1.82) is 0 Å². The van der Waals surface area contributed by atoms with E-state index in [-0.39, 0.29) is 18.4 Å². The molecule has 1 N–H and O–H groups in total. The van der Waals surface area contributed by atoms with Gasteiger partial charge in [-0.15, -0.1) is 0 Å². The summed E-state index contributed by atoms with van der Waals surface area (Å²) in [5.74, 6) is -0.167. The molecule has 0 aliphatic carbocycles. The third-order valence-corrected chi connectivity index (χ3v) is 5.47. The van der Waals surface area contributed by atoms with Crippen molar-refractivity contribution in [1.82, 2.24) is 9.80 Å². The van der Waals surface area contributed by atoms with Crippen LogP contribution in [0.5, 0.6) is 0 Å². The van der Waals surface area contributed by atoms with Crippen LogP contribution in [0, 0.1) is 5.92 Å². The van der Waals surface area contributed by atoms with E-state index in [0.29, 0.717) is 12.3 Å². The van der Waals surface area contributed by atoms with Crippen molar-refractivity contribution in [3.05, 3.63) is 35.9 Å². The van der Waals surface area contributed by atoms with Gasteiger partial charge < -0.3 is 10.0 Å². The van der Waals surface area contributed by atoms with E-state index in [0.717, 1.165) is 51.9 Å². The fraction of sp³-hybridized carbons (Fsp3) is 0.600. The Kier molecular flexibility index (Phi) is 6.08. The number of nitrogens with zero attached hydrogens (tertiary/aromatic N) is 2. The molecule has 1 aromatic rings. The number of likely N-dealkylation sites (tertiary alicyclic amines) is 2. The van der Waals surface area contributed by atoms with Crippen molar-refractivity contribution in [2.75, 3.05) is 19.6 Å². The fourth-order valence-electron chi connectivity index (χ4n) is 4.15. The largest absolute Gasteiger partial charge is 0.481 e. The molecule has 25 heavy (non-hydrogen) atoms. The molecule has 2 fully saturated rings. The maximum absolute atomic E-state index is 13.1. The van der Waals surface area contributed by atoms with Crippen LogP contribution >= 0.6 is 0 Å². The number of carboxylic acid groups (broad SMARTS) is 1. The second-order valence-electron chi connectivity index (χ2n) is 7.34. The number of hydrogen-bond donors (Lipinski definition) is 1. The summed E-state index contributed by atoms with van der Waals surface area (Å²) in [6.45, 7) is 3.34. The Balaban J connectivity index is 1.58. The van der Waals surface area contributed by atoms with Crippen molar-refractivity contribution in [2.45, 2.75) is 51.1 Å². The average molecular weight is 344 g/mol. The monoisotopic (exact) mass is 344 g/mol. The minimum atomic E-state index is -0.742. The van der Waals surface area contributed by atoms with Crippen molar-refractivity contribution in [3.8, 4) is 0 Å². The highest BCUT2D eigenvalue weighted by molar-refractivity contribution is 5.82. The van der Waals surface area contributed by atoms with Crippen LogP contribution in [-0.2, 0) is 16.1 Å². The van der Waals surface area contributed by atoms with E-state index in [1.807, 2.05) is 23.1 Å². The number of carbonyl (C=O) groups is 2. The summed E-state index contributed by atoms with van der Waals surface area (Å²) in [5.41, 5.74) is 1.25. The number of carbonyl (C=O) groups excluding carboxylic acids is 1. The van der Waals surface area contributed by atoms with E-state index >= 15 is 0 Å². The fourth-order valence-corrected chi connectivity index (χ4v) is 4.15. The molecule has 3 rings (SSSR count). The number of rotatable bonds is 6. The molecule has 1 amide bonds. The van der Waals surface area contributed by atoms with Crippen LogP contribution in [0.25, 0.3) is 0 Å². The lowest BCUT2D eigenvalue weighted by Gasteiger charge is -2.36. The molecule has 2 unspecified atom stereocenters. The zero-order valence-electron chi connectivity index (χ0n) is 14.8. The zero-order valence-corrected chi connectivity index (χ0v) is 14.8. The molecule has 0 saturated carbocycles. The number of aliphatic carboxylic acids is 1. The molecule has 2 aliphatic rings. The number of benzene rings is 1. The highest BCUT2D eigenvalue weighted by Gasteiger charge is 2.35. The molecule has 1 aromatic carbocycles. The van der Waals surface area contributed by atoms with Gasteiger partial charge in [-0.1, -0.05) is 30.3 Å².